The van der Waals surface area contributed by atoms with E-state index in [-0.39, 0.29) is 5.54 Å². The fourth-order valence-corrected chi connectivity index (χ4v) is 2.80. The van der Waals surface area contributed by atoms with Gasteiger partial charge in [0.05, 0.1) is 5.54 Å². The first kappa shape index (κ1) is 11.3. The first-order valence-electron chi connectivity index (χ1n) is 6.25. The van der Waals surface area contributed by atoms with Crippen LogP contribution in [0.5, 0.6) is 11.5 Å². The molecule has 1 fully saturated rings. The van der Waals surface area contributed by atoms with Crippen LogP contribution in [0, 0.1) is 6.92 Å². The summed E-state index contributed by atoms with van der Waals surface area (Å²) in [4.78, 5) is 14.7. The van der Waals surface area contributed by atoms with Crippen LogP contribution in [0.4, 0.5) is 0 Å². The topological polar surface area (TPSA) is 47.9 Å². The Morgan fingerprint density at radius 1 is 1.28 bits per heavy atom. The molecular formula is C14H15NO3. The van der Waals surface area contributed by atoms with Crippen molar-refractivity contribution in [1.82, 2.24) is 0 Å². The molecular weight excluding hydrogens is 230 g/mol. The van der Waals surface area contributed by atoms with Crippen LogP contribution in [-0.4, -0.2) is 19.3 Å². The lowest BCUT2D eigenvalue weighted by Crippen LogP contribution is -2.33. The molecule has 0 saturated heterocycles. The highest BCUT2D eigenvalue weighted by Crippen LogP contribution is 2.49. The van der Waals surface area contributed by atoms with Crippen molar-refractivity contribution < 1.29 is 14.3 Å². The van der Waals surface area contributed by atoms with Gasteiger partial charge < -0.3 is 9.47 Å². The van der Waals surface area contributed by atoms with Crippen LogP contribution in [-0.2, 0) is 10.3 Å². The van der Waals surface area contributed by atoms with Gasteiger partial charge >= 0.3 is 0 Å². The van der Waals surface area contributed by atoms with Gasteiger partial charge in [-0.2, -0.15) is 4.99 Å². The second-order valence-corrected chi connectivity index (χ2v) is 4.85. The van der Waals surface area contributed by atoms with E-state index >= 15 is 0 Å². The predicted molar refractivity (Wildman–Crippen MR) is 65.8 cm³/mol. The summed E-state index contributed by atoms with van der Waals surface area (Å²) in [5, 5.41) is 0. The zero-order chi connectivity index (χ0) is 12.6. The van der Waals surface area contributed by atoms with Crippen molar-refractivity contribution in [2.45, 2.75) is 31.7 Å². The normalized spacial score (nSPS) is 19.6. The highest BCUT2D eigenvalue weighted by atomic mass is 16.6. The summed E-state index contributed by atoms with van der Waals surface area (Å²) < 4.78 is 11.2. The molecule has 0 N–H and O–H groups in total. The molecule has 1 saturated carbocycles. The molecule has 3 rings (SSSR count). The molecule has 1 aromatic carbocycles. The minimum Gasteiger partial charge on any atom is -0.486 e. The van der Waals surface area contributed by atoms with Gasteiger partial charge in [0.2, 0.25) is 6.08 Å². The quantitative estimate of drug-likeness (QED) is 0.594. The first-order chi connectivity index (χ1) is 8.77. The van der Waals surface area contributed by atoms with E-state index in [2.05, 4.69) is 4.99 Å². The van der Waals surface area contributed by atoms with Crippen molar-refractivity contribution in [3.63, 3.8) is 0 Å². The third-order valence-electron chi connectivity index (χ3n) is 3.90. The van der Waals surface area contributed by atoms with Gasteiger partial charge in [0.1, 0.15) is 13.2 Å². The van der Waals surface area contributed by atoms with E-state index in [1.165, 1.54) is 0 Å². The van der Waals surface area contributed by atoms with E-state index in [0.717, 1.165) is 41.9 Å². The van der Waals surface area contributed by atoms with Crippen LogP contribution < -0.4 is 9.47 Å². The largest absolute Gasteiger partial charge is 0.486 e. The molecule has 94 valence electrons. The van der Waals surface area contributed by atoms with Crippen LogP contribution in [0.3, 0.4) is 0 Å². The molecule has 0 aromatic heterocycles. The molecule has 1 heterocycles. The van der Waals surface area contributed by atoms with E-state index in [9.17, 15) is 4.79 Å². The van der Waals surface area contributed by atoms with E-state index < -0.39 is 0 Å². The molecule has 1 aliphatic carbocycles. The highest BCUT2D eigenvalue weighted by Gasteiger charge is 2.41. The number of hydrogen-bond donors (Lipinski definition) is 0. The summed E-state index contributed by atoms with van der Waals surface area (Å²) in [5.41, 5.74) is 1.73. The maximum absolute atomic E-state index is 10.6. The minimum absolute atomic E-state index is 0.373. The van der Waals surface area contributed by atoms with Gasteiger partial charge in [0.25, 0.3) is 0 Å². The summed E-state index contributed by atoms with van der Waals surface area (Å²) in [6.45, 7) is 3.16. The third kappa shape index (κ3) is 1.53. The van der Waals surface area contributed by atoms with Gasteiger partial charge in [0, 0.05) is 5.56 Å². The van der Waals surface area contributed by atoms with Crippen LogP contribution in [0.15, 0.2) is 17.1 Å². The van der Waals surface area contributed by atoms with Gasteiger partial charge in [-0.15, -0.1) is 0 Å². The lowest BCUT2D eigenvalue weighted by atomic mass is 9.71. The minimum atomic E-state index is -0.373. The molecule has 0 radical (unpaired) electrons. The fraction of sp³-hybridized carbons (Fsp3) is 0.500. The van der Waals surface area contributed by atoms with Crippen LogP contribution in [0.1, 0.15) is 30.4 Å². The smallest absolute Gasteiger partial charge is 0.235 e. The van der Waals surface area contributed by atoms with Gasteiger partial charge in [-0.25, -0.2) is 4.79 Å². The number of fused-ring (bicyclic) bond motifs is 1. The van der Waals surface area contributed by atoms with Crippen molar-refractivity contribution >= 4 is 6.08 Å². The van der Waals surface area contributed by atoms with Gasteiger partial charge in [-0.1, -0.05) is 6.07 Å². The number of benzene rings is 1. The van der Waals surface area contributed by atoms with E-state index in [4.69, 9.17) is 9.47 Å². The Labute approximate surface area is 106 Å². The lowest BCUT2D eigenvalue weighted by Gasteiger charge is -2.38. The van der Waals surface area contributed by atoms with Gasteiger partial charge in [0.15, 0.2) is 11.5 Å². The van der Waals surface area contributed by atoms with Crippen molar-refractivity contribution in [3.05, 3.63) is 23.3 Å². The number of carbonyl (C=O) groups excluding carboxylic acids is 1. The summed E-state index contributed by atoms with van der Waals surface area (Å²) in [5.74, 6) is 1.58. The molecule has 0 bridgehead atoms. The Hall–Kier alpha value is -1.80. The Kier molecular flexibility index (Phi) is 2.60. The molecule has 0 amide bonds. The maximum atomic E-state index is 10.6. The zero-order valence-electron chi connectivity index (χ0n) is 10.4. The number of aliphatic imine (C=N–C) groups is 1. The van der Waals surface area contributed by atoms with Crippen molar-refractivity contribution in [1.29, 1.82) is 0 Å². The number of rotatable bonds is 2. The average molecular weight is 245 g/mol. The van der Waals surface area contributed by atoms with E-state index in [1.54, 1.807) is 6.08 Å². The lowest BCUT2D eigenvalue weighted by molar-refractivity contribution is 0.168. The zero-order valence-corrected chi connectivity index (χ0v) is 10.4. The van der Waals surface area contributed by atoms with E-state index in [1.807, 2.05) is 19.1 Å². The molecule has 18 heavy (non-hydrogen) atoms. The highest BCUT2D eigenvalue weighted by molar-refractivity contribution is 5.54. The Balaban J connectivity index is 2.10. The molecule has 4 nitrogen and oxygen atoms in total. The Morgan fingerprint density at radius 2 is 2.06 bits per heavy atom. The molecule has 1 aliphatic heterocycles. The van der Waals surface area contributed by atoms with Crippen LogP contribution >= 0.6 is 0 Å². The molecule has 2 aliphatic rings. The standard InChI is InChI=1S/C14H15NO3/c1-10-11(14(15-9-16)5-2-6-14)3-4-12-13(10)18-8-7-17-12/h3-4H,2,5-8H2,1H3. The number of hydrogen-bond acceptors (Lipinski definition) is 4. The summed E-state index contributed by atoms with van der Waals surface area (Å²) in [7, 11) is 0. The Morgan fingerprint density at radius 3 is 2.72 bits per heavy atom. The Bertz CT molecular complexity index is 528. The van der Waals surface area contributed by atoms with Gasteiger partial charge in [-0.3, -0.25) is 0 Å². The molecule has 1 aromatic rings. The van der Waals surface area contributed by atoms with Crippen molar-refractivity contribution in [2.24, 2.45) is 4.99 Å². The van der Waals surface area contributed by atoms with E-state index in [0.29, 0.717) is 13.2 Å². The number of nitrogens with zero attached hydrogens (tertiary/aromatic N) is 1. The fourth-order valence-electron chi connectivity index (χ4n) is 2.80. The van der Waals surface area contributed by atoms with Crippen LogP contribution in [0.2, 0.25) is 0 Å². The molecule has 0 spiro atoms. The first-order valence-corrected chi connectivity index (χ1v) is 6.25. The molecule has 0 atom stereocenters. The maximum Gasteiger partial charge on any atom is 0.235 e. The second-order valence-electron chi connectivity index (χ2n) is 4.85. The third-order valence-corrected chi connectivity index (χ3v) is 3.90. The van der Waals surface area contributed by atoms with Crippen molar-refractivity contribution in [2.75, 3.05) is 13.2 Å². The number of isocyanates is 1. The van der Waals surface area contributed by atoms with Crippen molar-refractivity contribution in [3.8, 4) is 11.5 Å². The van der Waals surface area contributed by atoms with Gasteiger partial charge in [-0.05, 0) is 37.8 Å². The monoisotopic (exact) mass is 245 g/mol. The summed E-state index contributed by atoms with van der Waals surface area (Å²) >= 11 is 0. The molecule has 4 heteroatoms. The SMILES string of the molecule is Cc1c(C2(N=C=O)CCC2)ccc2c1OCCO2. The number of ether oxygens (including phenoxy) is 2. The second kappa shape index (κ2) is 4.14. The van der Waals surface area contributed by atoms with Crippen LogP contribution in [0.25, 0.3) is 0 Å². The summed E-state index contributed by atoms with van der Waals surface area (Å²) in [6, 6.07) is 3.92. The predicted octanol–water partition coefficient (Wildman–Crippen LogP) is 2.48. The summed E-state index contributed by atoms with van der Waals surface area (Å²) in [6.07, 6.45) is 4.63. The average Bonchev–Trinajstić information content (AvgIpc) is 2.35. The molecule has 0 unspecified atom stereocenters.